The number of hydrogen-bond donors (Lipinski definition) is 2. The molecule has 4 rings (SSSR count). The Morgan fingerprint density at radius 3 is 2.96 bits per heavy atom. The van der Waals surface area contributed by atoms with E-state index in [4.69, 9.17) is 10.5 Å². The predicted octanol–water partition coefficient (Wildman–Crippen LogP) is 2.14. The SMILES string of the molecule is CC1Oc2ccc(N)nc2N(CC(=O)c2c[nH]c3ccccc23)C1=O. The fraction of sp³-hybridized carbons (Fsp3) is 0.167. The van der Waals surface area contributed by atoms with Gasteiger partial charge in [-0.3, -0.25) is 14.5 Å². The van der Waals surface area contributed by atoms with Crippen LogP contribution in [-0.2, 0) is 4.79 Å². The monoisotopic (exact) mass is 336 g/mol. The van der Waals surface area contributed by atoms with Gasteiger partial charge in [0.25, 0.3) is 5.91 Å². The number of benzene rings is 1. The Morgan fingerprint density at radius 1 is 1.32 bits per heavy atom. The van der Waals surface area contributed by atoms with E-state index in [0.717, 1.165) is 10.9 Å². The maximum Gasteiger partial charge on any atom is 0.269 e. The molecule has 3 heterocycles. The molecule has 0 bridgehead atoms. The number of aromatic amines is 1. The van der Waals surface area contributed by atoms with Gasteiger partial charge in [-0.05, 0) is 25.1 Å². The highest BCUT2D eigenvalue weighted by Gasteiger charge is 2.34. The van der Waals surface area contributed by atoms with Gasteiger partial charge in [0, 0.05) is 22.7 Å². The van der Waals surface area contributed by atoms with Crippen LogP contribution in [0.25, 0.3) is 10.9 Å². The number of carbonyl (C=O) groups excluding carboxylic acids is 2. The molecule has 0 fully saturated rings. The molecule has 7 nitrogen and oxygen atoms in total. The normalized spacial score (nSPS) is 16.6. The minimum Gasteiger partial charge on any atom is -0.477 e. The van der Waals surface area contributed by atoms with E-state index in [9.17, 15) is 9.59 Å². The van der Waals surface area contributed by atoms with Crippen LogP contribution >= 0.6 is 0 Å². The van der Waals surface area contributed by atoms with Crippen LogP contribution in [0.15, 0.2) is 42.6 Å². The number of anilines is 2. The van der Waals surface area contributed by atoms with Crippen molar-refractivity contribution in [2.45, 2.75) is 13.0 Å². The predicted molar refractivity (Wildman–Crippen MR) is 93.7 cm³/mol. The Balaban J connectivity index is 1.71. The minimum absolute atomic E-state index is 0.127. The Kier molecular flexibility index (Phi) is 3.42. The van der Waals surface area contributed by atoms with Crippen molar-refractivity contribution >= 4 is 34.2 Å². The van der Waals surface area contributed by atoms with Crippen molar-refractivity contribution in [2.24, 2.45) is 0 Å². The number of nitrogen functional groups attached to an aromatic ring is 1. The van der Waals surface area contributed by atoms with Crippen molar-refractivity contribution in [2.75, 3.05) is 17.2 Å². The number of hydrogen-bond acceptors (Lipinski definition) is 5. The van der Waals surface area contributed by atoms with Gasteiger partial charge in [-0.2, -0.15) is 0 Å². The third-order valence-corrected chi connectivity index (χ3v) is 4.23. The first kappa shape index (κ1) is 15.2. The molecule has 3 N–H and O–H groups in total. The third-order valence-electron chi connectivity index (χ3n) is 4.23. The molecule has 2 aromatic heterocycles. The van der Waals surface area contributed by atoms with Gasteiger partial charge in [0.15, 0.2) is 23.5 Å². The number of aromatic nitrogens is 2. The van der Waals surface area contributed by atoms with Gasteiger partial charge < -0.3 is 15.5 Å². The van der Waals surface area contributed by atoms with E-state index in [2.05, 4.69) is 9.97 Å². The topological polar surface area (TPSA) is 101 Å². The Hall–Kier alpha value is -3.35. The number of fused-ring (bicyclic) bond motifs is 2. The molecule has 7 heteroatoms. The molecule has 0 spiro atoms. The number of para-hydroxylation sites is 1. The van der Waals surface area contributed by atoms with Crippen LogP contribution in [-0.4, -0.2) is 34.3 Å². The van der Waals surface area contributed by atoms with Gasteiger partial charge in [-0.1, -0.05) is 18.2 Å². The molecule has 1 unspecified atom stereocenters. The standard InChI is InChI=1S/C18H16N4O3/c1-10-18(24)22(17-15(25-10)6-7-16(19)21-17)9-14(23)12-8-20-13-5-3-2-4-11(12)13/h2-8,10,20H,9H2,1H3,(H2,19,21). The van der Waals surface area contributed by atoms with E-state index in [0.29, 0.717) is 11.3 Å². The number of pyridine rings is 1. The van der Waals surface area contributed by atoms with Gasteiger partial charge in [0.05, 0.1) is 6.54 Å². The van der Waals surface area contributed by atoms with Crippen molar-refractivity contribution in [3.8, 4) is 5.75 Å². The van der Waals surface area contributed by atoms with E-state index in [1.807, 2.05) is 24.3 Å². The number of rotatable bonds is 3. The van der Waals surface area contributed by atoms with Gasteiger partial charge in [-0.25, -0.2) is 4.98 Å². The molecule has 0 aliphatic carbocycles. The summed E-state index contributed by atoms with van der Waals surface area (Å²) in [5, 5.41) is 0.821. The molecule has 25 heavy (non-hydrogen) atoms. The quantitative estimate of drug-likeness (QED) is 0.714. The first-order valence-electron chi connectivity index (χ1n) is 7.88. The molecular formula is C18H16N4O3. The zero-order chi connectivity index (χ0) is 17.6. The number of ketones is 1. The molecule has 126 valence electrons. The Bertz CT molecular complexity index is 995. The van der Waals surface area contributed by atoms with Gasteiger partial charge in [0.1, 0.15) is 5.82 Å². The van der Waals surface area contributed by atoms with Gasteiger partial charge >= 0.3 is 0 Å². The smallest absolute Gasteiger partial charge is 0.269 e. The third kappa shape index (κ3) is 2.50. The van der Waals surface area contributed by atoms with Crippen LogP contribution in [0, 0.1) is 0 Å². The van der Waals surface area contributed by atoms with Crippen molar-refractivity contribution < 1.29 is 14.3 Å². The first-order chi connectivity index (χ1) is 12.0. The van der Waals surface area contributed by atoms with Gasteiger partial charge in [-0.15, -0.1) is 0 Å². The molecular weight excluding hydrogens is 320 g/mol. The van der Waals surface area contributed by atoms with Crippen molar-refractivity contribution in [1.29, 1.82) is 0 Å². The second-order valence-electron chi connectivity index (χ2n) is 5.91. The molecule has 0 radical (unpaired) electrons. The van der Waals surface area contributed by atoms with E-state index < -0.39 is 6.10 Å². The van der Waals surface area contributed by atoms with Crippen LogP contribution in [0.1, 0.15) is 17.3 Å². The summed E-state index contributed by atoms with van der Waals surface area (Å²) in [6.07, 6.45) is 0.975. The van der Waals surface area contributed by atoms with Crippen LogP contribution in [0.3, 0.4) is 0 Å². The number of nitrogens with two attached hydrogens (primary N) is 1. The lowest BCUT2D eigenvalue weighted by Crippen LogP contribution is -2.47. The first-order valence-corrected chi connectivity index (χ1v) is 7.88. The summed E-state index contributed by atoms with van der Waals surface area (Å²) in [7, 11) is 0. The van der Waals surface area contributed by atoms with Crippen LogP contribution in [0.5, 0.6) is 5.75 Å². The van der Waals surface area contributed by atoms with Crippen molar-refractivity contribution in [1.82, 2.24) is 9.97 Å². The number of Topliss-reactive ketones (excluding diaryl/α,β-unsaturated/α-hetero) is 1. The number of amides is 1. The Morgan fingerprint density at radius 2 is 2.12 bits per heavy atom. The maximum absolute atomic E-state index is 12.8. The lowest BCUT2D eigenvalue weighted by molar-refractivity contribution is -0.125. The lowest BCUT2D eigenvalue weighted by Gasteiger charge is -2.31. The fourth-order valence-corrected chi connectivity index (χ4v) is 2.98. The summed E-state index contributed by atoms with van der Waals surface area (Å²) in [6.45, 7) is 1.52. The molecule has 1 aliphatic heterocycles. The van der Waals surface area contributed by atoms with Crippen molar-refractivity contribution in [3.05, 3.63) is 48.2 Å². The summed E-state index contributed by atoms with van der Waals surface area (Å²) in [4.78, 5) is 33.9. The van der Waals surface area contributed by atoms with E-state index >= 15 is 0 Å². The highest BCUT2D eigenvalue weighted by atomic mass is 16.5. The van der Waals surface area contributed by atoms with E-state index in [-0.39, 0.29) is 29.9 Å². The Labute approximate surface area is 143 Å². The second kappa shape index (κ2) is 5.62. The highest BCUT2D eigenvalue weighted by molar-refractivity contribution is 6.13. The molecule has 1 aliphatic rings. The average Bonchev–Trinajstić information content (AvgIpc) is 3.03. The molecule has 3 aromatic rings. The average molecular weight is 336 g/mol. The van der Waals surface area contributed by atoms with Crippen LogP contribution < -0.4 is 15.4 Å². The molecule has 0 saturated heterocycles. The zero-order valence-corrected chi connectivity index (χ0v) is 13.5. The highest BCUT2D eigenvalue weighted by Crippen LogP contribution is 2.33. The minimum atomic E-state index is -0.686. The molecule has 1 amide bonds. The fourth-order valence-electron chi connectivity index (χ4n) is 2.98. The number of H-pyrrole nitrogens is 1. The summed E-state index contributed by atoms with van der Waals surface area (Å²) in [5.41, 5.74) is 7.14. The van der Waals surface area contributed by atoms with E-state index in [1.54, 1.807) is 25.3 Å². The second-order valence-corrected chi connectivity index (χ2v) is 5.91. The van der Waals surface area contributed by atoms with Crippen LogP contribution in [0.4, 0.5) is 11.6 Å². The molecule has 1 aromatic carbocycles. The summed E-state index contributed by atoms with van der Waals surface area (Å²) >= 11 is 0. The summed E-state index contributed by atoms with van der Waals surface area (Å²) in [6, 6.07) is 10.8. The number of nitrogens with one attached hydrogen (secondary N) is 1. The van der Waals surface area contributed by atoms with E-state index in [1.165, 1.54) is 4.90 Å². The van der Waals surface area contributed by atoms with Crippen molar-refractivity contribution in [3.63, 3.8) is 0 Å². The number of ether oxygens (including phenoxy) is 1. The maximum atomic E-state index is 12.8. The summed E-state index contributed by atoms with van der Waals surface area (Å²) < 4.78 is 5.55. The summed E-state index contributed by atoms with van der Waals surface area (Å²) in [5.74, 6) is 0.465. The lowest BCUT2D eigenvalue weighted by atomic mass is 10.1. The molecule has 1 atom stereocenters. The van der Waals surface area contributed by atoms with Gasteiger partial charge in [0.2, 0.25) is 0 Å². The molecule has 0 saturated carbocycles. The number of nitrogens with zero attached hydrogens (tertiary/aromatic N) is 2. The zero-order valence-electron chi connectivity index (χ0n) is 13.5. The number of carbonyl (C=O) groups is 2. The van der Waals surface area contributed by atoms with Crippen LogP contribution in [0.2, 0.25) is 0 Å². The largest absolute Gasteiger partial charge is 0.477 e.